The first-order valence-corrected chi connectivity index (χ1v) is 6.80. The molecule has 0 amide bonds. The summed E-state index contributed by atoms with van der Waals surface area (Å²) in [6, 6.07) is 3.70. The summed E-state index contributed by atoms with van der Waals surface area (Å²) >= 11 is 8.41. The Bertz CT molecular complexity index is 480. The van der Waals surface area contributed by atoms with Crippen LogP contribution in [0.15, 0.2) is 21.7 Å². The zero-order chi connectivity index (χ0) is 14.3. The average Bonchev–Trinajstić information content (AvgIpc) is 2.38. The van der Waals surface area contributed by atoms with Crippen molar-refractivity contribution in [3.63, 3.8) is 0 Å². The summed E-state index contributed by atoms with van der Waals surface area (Å²) in [5, 5.41) is 7.46. The molecule has 0 aliphatic heterocycles. The summed E-state index contributed by atoms with van der Waals surface area (Å²) in [4.78, 5) is 0. The van der Waals surface area contributed by atoms with Crippen LogP contribution < -0.4 is 20.2 Å². The lowest BCUT2D eigenvalue weighted by Gasteiger charge is -2.10. The van der Waals surface area contributed by atoms with Gasteiger partial charge in [-0.05, 0) is 52.8 Å². The Morgan fingerprint density at radius 2 is 2.16 bits per heavy atom. The van der Waals surface area contributed by atoms with Gasteiger partial charge in [-0.2, -0.15) is 5.10 Å². The van der Waals surface area contributed by atoms with Crippen LogP contribution in [-0.4, -0.2) is 32.1 Å². The predicted octanol–water partition coefficient (Wildman–Crippen LogP) is 2.28. The standard InChI is InChI=1S/C12H16BrN3O2S/c1-4-14-12(19)16-15-7-8-5-9(13)11(18-3)10(6-8)17-2/h5-7H,4H2,1-3H3,(H2,14,16,19)/b15-7-. The highest BCUT2D eigenvalue weighted by Gasteiger charge is 2.09. The number of hydrazone groups is 1. The zero-order valence-electron chi connectivity index (χ0n) is 11.0. The van der Waals surface area contributed by atoms with E-state index in [2.05, 4.69) is 31.8 Å². The lowest BCUT2D eigenvalue weighted by atomic mass is 10.2. The average molecular weight is 346 g/mol. The fourth-order valence-corrected chi connectivity index (χ4v) is 2.20. The molecule has 0 atom stereocenters. The van der Waals surface area contributed by atoms with Gasteiger partial charge in [-0.25, -0.2) is 0 Å². The van der Waals surface area contributed by atoms with Crippen molar-refractivity contribution in [2.24, 2.45) is 5.10 Å². The maximum Gasteiger partial charge on any atom is 0.186 e. The lowest BCUT2D eigenvalue weighted by molar-refractivity contribution is 0.353. The molecule has 19 heavy (non-hydrogen) atoms. The first kappa shape index (κ1) is 15.7. The van der Waals surface area contributed by atoms with Crippen molar-refractivity contribution in [2.75, 3.05) is 20.8 Å². The molecule has 1 aromatic rings. The minimum atomic E-state index is 0.485. The Morgan fingerprint density at radius 1 is 1.42 bits per heavy atom. The third kappa shape index (κ3) is 4.68. The van der Waals surface area contributed by atoms with Gasteiger partial charge >= 0.3 is 0 Å². The Morgan fingerprint density at radius 3 is 2.74 bits per heavy atom. The molecule has 5 nitrogen and oxygen atoms in total. The summed E-state index contributed by atoms with van der Waals surface area (Å²) < 4.78 is 11.3. The summed E-state index contributed by atoms with van der Waals surface area (Å²) in [5.41, 5.74) is 3.58. The second kappa shape index (κ2) is 7.96. The third-order valence-corrected chi connectivity index (χ3v) is 3.00. The van der Waals surface area contributed by atoms with E-state index >= 15 is 0 Å². The molecule has 0 unspecified atom stereocenters. The van der Waals surface area contributed by atoms with E-state index in [1.807, 2.05) is 19.1 Å². The maximum absolute atomic E-state index is 5.25. The number of benzene rings is 1. The van der Waals surface area contributed by atoms with Gasteiger partial charge in [0.05, 0.1) is 24.9 Å². The number of hydrogen-bond acceptors (Lipinski definition) is 4. The number of thiocarbonyl (C=S) groups is 1. The SMILES string of the molecule is CCNC(=S)N/N=C\c1cc(Br)c(OC)c(OC)c1. The number of methoxy groups -OCH3 is 2. The number of halogens is 1. The number of nitrogens with zero attached hydrogens (tertiary/aromatic N) is 1. The molecule has 0 bridgehead atoms. The van der Waals surface area contributed by atoms with Gasteiger partial charge in [-0.15, -0.1) is 0 Å². The van der Waals surface area contributed by atoms with E-state index in [-0.39, 0.29) is 0 Å². The van der Waals surface area contributed by atoms with E-state index < -0.39 is 0 Å². The summed E-state index contributed by atoms with van der Waals surface area (Å²) in [6.45, 7) is 2.71. The van der Waals surface area contributed by atoms with Crippen molar-refractivity contribution >= 4 is 39.5 Å². The van der Waals surface area contributed by atoms with E-state index in [1.54, 1.807) is 20.4 Å². The topological polar surface area (TPSA) is 54.9 Å². The van der Waals surface area contributed by atoms with Crippen LogP contribution in [0.25, 0.3) is 0 Å². The Hall–Kier alpha value is -1.34. The molecule has 1 aromatic carbocycles. The molecule has 0 aliphatic carbocycles. The monoisotopic (exact) mass is 345 g/mol. The number of nitrogens with one attached hydrogen (secondary N) is 2. The zero-order valence-corrected chi connectivity index (χ0v) is 13.4. The first-order chi connectivity index (χ1) is 9.12. The largest absolute Gasteiger partial charge is 0.493 e. The molecule has 0 aliphatic rings. The van der Waals surface area contributed by atoms with E-state index in [0.717, 1.165) is 16.6 Å². The van der Waals surface area contributed by atoms with Gasteiger partial charge < -0.3 is 14.8 Å². The molecule has 0 fully saturated rings. The van der Waals surface area contributed by atoms with Crippen LogP contribution in [-0.2, 0) is 0 Å². The molecular weight excluding hydrogens is 330 g/mol. The Labute approximate surface area is 126 Å². The number of ether oxygens (including phenoxy) is 2. The van der Waals surface area contributed by atoms with Crippen LogP contribution in [0.3, 0.4) is 0 Å². The van der Waals surface area contributed by atoms with Crippen LogP contribution in [0.2, 0.25) is 0 Å². The van der Waals surface area contributed by atoms with Crippen molar-refractivity contribution in [3.05, 3.63) is 22.2 Å². The second-order valence-corrected chi connectivity index (χ2v) is 4.73. The molecule has 1 rings (SSSR count). The Balaban J connectivity index is 2.82. The van der Waals surface area contributed by atoms with E-state index in [9.17, 15) is 0 Å². The van der Waals surface area contributed by atoms with Gasteiger partial charge in [0.2, 0.25) is 0 Å². The molecule has 0 spiro atoms. The quantitative estimate of drug-likeness (QED) is 0.487. The fraction of sp³-hybridized carbons (Fsp3) is 0.333. The van der Waals surface area contributed by atoms with Crippen molar-refractivity contribution in [2.45, 2.75) is 6.92 Å². The highest BCUT2D eigenvalue weighted by molar-refractivity contribution is 9.10. The summed E-state index contributed by atoms with van der Waals surface area (Å²) in [5.74, 6) is 1.28. The van der Waals surface area contributed by atoms with Crippen LogP contribution in [0.1, 0.15) is 12.5 Å². The second-order valence-electron chi connectivity index (χ2n) is 3.47. The van der Waals surface area contributed by atoms with Gasteiger partial charge in [-0.1, -0.05) is 0 Å². The van der Waals surface area contributed by atoms with Crippen LogP contribution in [0, 0.1) is 0 Å². The van der Waals surface area contributed by atoms with Gasteiger partial charge in [0.1, 0.15) is 0 Å². The van der Waals surface area contributed by atoms with Crippen molar-refractivity contribution in [3.8, 4) is 11.5 Å². The third-order valence-electron chi connectivity index (χ3n) is 2.17. The highest BCUT2D eigenvalue weighted by atomic mass is 79.9. The van der Waals surface area contributed by atoms with Crippen molar-refractivity contribution < 1.29 is 9.47 Å². The summed E-state index contributed by atoms with van der Waals surface area (Å²) in [6.07, 6.45) is 1.65. The Kier molecular flexibility index (Phi) is 6.58. The van der Waals surface area contributed by atoms with Crippen molar-refractivity contribution in [1.29, 1.82) is 0 Å². The minimum absolute atomic E-state index is 0.485. The van der Waals surface area contributed by atoms with Gasteiger partial charge in [0.25, 0.3) is 0 Å². The van der Waals surface area contributed by atoms with Gasteiger partial charge in [0.15, 0.2) is 16.6 Å². The molecule has 2 N–H and O–H groups in total. The molecule has 0 radical (unpaired) electrons. The highest BCUT2D eigenvalue weighted by Crippen LogP contribution is 2.35. The number of hydrogen-bond donors (Lipinski definition) is 2. The molecule has 0 aromatic heterocycles. The van der Waals surface area contributed by atoms with Crippen LogP contribution >= 0.6 is 28.1 Å². The van der Waals surface area contributed by atoms with E-state index in [4.69, 9.17) is 21.7 Å². The van der Waals surface area contributed by atoms with Crippen molar-refractivity contribution in [1.82, 2.24) is 10.7 Å². The molecule has 7 heteroatoms. The number of rotatable bonds is 5. The van der Waals surface area contributed by atoms with Gasteiger partial charge in [-0.3, -0.25) is 5.43 Å². The van der Waals surface area contributed by atoms with Crippen LogP contribution in [0.4, 0.5) is 0 Å². The fourth-order valence-electron chi connectivity index (χ4n) is 1.38. The normalized spacial score (nSPS) is 10.3. The molecule has 0 heterocycles. The van der Waals surface area contributed by atoms with E-state index in [0.29, 0.717) is 16.6 Å². The molecular formula is C12H16BrN3O2S. The molecule has 104 valence electrons. The van der Waals surface area contributed by atoms with Gasteiger partial charge in [0, 0.05) is 6.54 Å². The molecule has 0 saturated heterocycles. The van der Waals surface area contributed by atoms with Crippen LogP contribution in [0.5, 0.6) is 11.5 Å². The minimum Gasteiger partial charge on any atom is -0.493 e. The van der Waals surface area contributed by atoms with E-state index in [1.165, 1.54) is 0 Å². The lowest BCUT2D eigenvalue weighted by Crippen LogP contribution is -2.31. The smallest absolute Gasteiger partial charge is 0.186 e. The molecule has 0 saturated carbocycles. The first-order valence-electron chi connectivity index (χ1n) is 5.60. The predicted molar refractivity (Wildman–Crippen MR) is 84.3 cm³/mol. The summed E-state index contributed by atoms with van der Waals surface area (Å²) in [7, 11) is 3.18. The maximum atomic E-state index is 5.25.